The van der Waals surface area contributed by atoms with Gasteiger partial charge in [-0.05, 0) is 44.9 Å². The smallest absolute Gasteiger partial charge is 0.336 e. The molecule has 0 atom stereocenters. The normalized spacial score (nSPS) is 11.4. The van der Waals surface area contributed by atoms with Gasteiger partial charge in [-0.1, -0.05) is 19.4 Å². The summed E-state index contributed by atoms with van der Waals surface area (Å²) in [6, 6.07) is 5.89. The average Bonchev–Trinajstić information content (AvgIpc) is 2.62. The molecule has 2 aromatic rings. The van der Waals surface area contributed by atoms with Crippen LogP contribution in [0.4, 0.5) is 0 Å². The van der Waals surface area contributed by atoms with Gasteiger partial charge in [-0.25, -0.2) is 4.79 Å². The molecule has 0 radical (unpaired) electrons. The number of carboxylic acids is 1. The van der Waals surface area contributed by atoms with Gasteiger partial charge >= 0.3 is 5.97 Å². The number of benzene rings is 1. The number of carboxylic acid groups (broad SMARTS) is 1. The Morgan fingerprint density at radius 1 is 1.37 bits per heavy atom. The van der Waals surface area contributed by atoms with Crippen molar-refractivity contribution in [3.8, 4) is 0 Å². The van der Waals surface area contributed by atoms with Gasteiger partial charge in [0.1, 0.15) is 0 Å². The molecule has 3 heteroatoms. The summed E-state index contributed by atoms with van der Waals surface area (Å²) in [5.74, 6) is -0.844. The Balaban J connectivity index is 2.89. The molecule has 0 aliphatic rings. The molecule has 0 unspecified atom stereocenters. The fraction of sp³-hybridized carbons (Fsp3) is 0.438. The highest BCUT2D eigenvalue weighted by Gasteiger charge is 2.20. The molecule has 0 saturated carbocycles. The topological polar surface area (TPSA) is 42.2 Å². The molecular formula is C16H21NO2. The lowest BCUT2D eigenvalue weighted by Gasteiger charge is -2.12. The second kappa shape index (κ2) is 5.08. The molecule has 0 bridgehead atoms. The maximum atomic E-state index is 11.5. The molecule has 0 saturated heterocycles. The molecule has 0 amide bonds. The van der Waals surface area contributed by atoms with Gasteiger partial charge in [0.25, 0.3) is 0 Å². The highest BCUT2D eigenvalue weighted by Crippen LogP contribution is 2.32. The molecule has 2 rings (SSSR count). The summed E-state index contributed by atoms with van der Waals surface area (Å²) in [5, 5.41) is 10.3. The Hall–Kier alpha value is -1.77. The van der Waals surface area contributed by atoms with Crippen LogP contribution in [0.2, 0.25) is 0 Å². The summed E-state index contributed by atoms with van der Waals surface area (Å²) in [7, 11) is 0. The van der Waals surface area contributed by atoms with Crippen molar-refractivity contribution in [1.29, 1.82) is 0 Å². The number of aryl methyl sites for hydroxylation is 1. The molecule has 19 heavy (non-hydrogen) atoms. The molecule has 3 nitrogen and oxygen atoms in total. The van der Waals surface area contributed by atoms with Crippen LogP contribution < -0.4 is 0 Å². The lowest BCUT2D eigenvalue weighted by Crippen LogP contribution is -2.03. The van der Waals surface area contributed by atoms with Crippen molar-refractivity contribution in [2.75, 3.05) is 0 Å². The van der Waals surface area contributed by atoms with Gasteiger partial charge in [-0.15, -0.1) is 0 Å². The Kier molecular flexibility index (Phi) is 3.65. The van der Waals surface area contributed by atoms with E-state index in [1.807, 2.05) is 12.1 Å². The summed E-state index contributed by atoms with van der Waals surface area (Å²) in [6.07, 6.45) is 1.94. The SMILES string of the molecule is CCCc1c(C)n(C(C)C)c2cccc(C(=O)O)c12. The van der Waals surface area contributed by atoms with Crippen LogP contribution in [0.5, 0.6) is 0 Å². The lowest BCUT2D eigenvalue weighted by atomic mass is 10.0. The summed E-state index contributed by atoms with van der Waals surface area (Å²) in [5.41, 5.74) is 3.84. The Labute approximate surface area is 113 Å². The van der Waals surface area contributed by atoms with Crippen molar-refractivity contribution in [3.63, 3.8) is 0 Å². The van der Waals surface area contributed by atoms with Crippen molar-refractivity contribution in [2.45, 2.75) is 46.6 Å². The fourth-order valence-corrected chi connectivity index (χ4v) is 2.96. The minimum Gasteiger partial charge on any atom is -0.478 e. The monoisotopic (exact) mass is 259 g/mol. The molecule has 1 aromatic carbocycles. The zero-order chi connectivity index (χ0) is 14.2. The molecule has 102 valence electrons. The fourth-order valence-electron chi connectivity index (χ4n) is 2.96. The molecular weight excluding hydrogens is 238 g/mol. The molecule has 0 fully saturated rings. The maximum Gasteiger partial charge on any atom is 0.336 e. The van der Waals surface area contributed by atoms with Gasteiger partial charge in [0, 0.05) is 22.6 Å². The Morgan fingerprint density at radius 2 is 2.05 bits per heavy atom. The summed E-state index contributed by atoms with van der Waals surface area (Å²) >= 11 is 0. The molecule has 1 heterocycles. The van der Waals surface area contributed by atoms with Gasteiger partial charge in [0.15, 0.2) is 0 Å². The molecule has 1 aromatic heterocycles. The third-order valence-electron chi connectivity index (χ3n) is 3.65. The second-order valence-corrected chi connectivity index (χ2v) is 5.28. The predicted molar refractivity (Wildman–Crippen MR) is 78.0 cm³/mol. The van der Waals surface area contributed by atoms with E-state index in [2.05, 4.69) is 32.3 Å². The number of hydrogen-bond acceptors (Lipinski definition) is 1. The highest BCUT2D eigenvalue weighted by atomic mass is 16.4. The zero-order valence-corrected chi connectivity index (χ0v) is 12.0. The largest absolute Gasteiger partial charge is 0.478 e. The number of carbonyl (C=O) groups is 1. The summed E-state index contributed by atoms with van der Waals surface area (Å²) in [6.45, 7) is 8.49. The van der Waals surface area contributed by atoms with Crippen LogP contribution in [-0.4, -0.2) is 15.6 Å². The quantitative estimate of drug-likeness (QED) is 0.895. The van der Waals surface area contributed by atoms with E-state index in [0.29, 0.717) is 11.6 Å². The molecule has 1 N–H and O–H groups in total. The third-order valence-corrected chi connectivity index (χ3v) is 3.65. The van der Waals surface area contributed by atoms with Crippen LogP contribution in [-0.2, 0) is 6.42 Å². The Morgan fingerprint density at radius 3 is 2.58 bits per heavy atom. The number of aromatic nitrogens is 1. The van der Waals surface area contributed by atoms with E-state index in [4.69, 9.17) is 0 Å². The van der Waals surface area contributed by atoms with Gasteiger partial charge in [-0.2, -0.15) is 0 Å². The maximum absolute atomic E-state index is 11.5. The Bertz CT molecular complexity index is 623. The van der Waals surface area contributed by atoms with Gasteiger partial charge in [-0.3, -0.25) is 0 Å². The highest BCUT2D eigenvalue weighted by molar-refractivity contribution is 6.05. The minimum absolute atomic E-state index is 0.331. The van der Waals surface area contributed by atoms with Crippen LogP contribution in [0.1, 0.15) is 54.8 Å². The molecule has 0 aliphatic heterocycles. The van der Waals surface area contributed by atoms with Crippen LogP contribution in [0.15, 0.2) is 18.2 Å². The van der Waals surface area contributed by atoms with E-state index < -0.39 is 5.97 Å². The van der Waals surface area contributed by atoms with Crippen LogP contribution in [0.25, 0.3) is 10.9 Å². The number of aromatic carboxylic acids is 1. The first-order valence-corrected chi connectivity index (χ1v) is 6.84. The van der Waals surface area contributed by atoms with E-state index in [1.54, 1.807) is 6.07 Å². The van der Waals surface area contributed by atoms with Gasteiger partial charge in [0.2, 0.25) is 0 Å². The number of fused-ring (bicyclic) bond motifs is 1. The number of hydrogen-bond donors (Lipinski definition) is 1. The van der Waals surface area contributed by atoms with Crippen LogP contribution in [0.3, 0.4) is 0 Å². The van der Waals surface area contributed by atoms with Crippen molar-refractivity contribution in [2.24, 2.45) is 0 Å². The van der Waals surface area contributed by atoms with E-state index in [1.165, 1.54) is 11.3 Å². The predicted octanol–water partition coefficient (Wildman–Crippen LogP) is 4.18. The van der Waals surface area contributed by atoms with E-state index in [0.717, 1.165) is 23.7 Å². The van der Waals surface area contributed by atoms with Crippen molar-refractivity contribution in [1.82, 2.24) is 4.57 Å². The first-order valence-electron chi connectivity index (χ1n) is 6.84. The van der Waals surface area contributed by atoms with Crippen LogP contribution >= 0.6 is 0 Å². The van der Waals surface area contributed by atoms with Crippen molar-refractivity contribution in [3.05, 3.63) is 35.0 Å². The lowest BCUT2D eigenvalue weighted by molar-refractivity contribution is 0.0699. The minimum atomic E-state index is -0.844. The van der Waals surface area contributed by atoms with Gasteiger partial charge < -0.3 is 9.67 Å². The first-order chi connectivity index (χ1) is 8.99. The average molecular weight is 259 g/mol. The van der Waals surface area contributed by atoms with Crippen molar-refractivity contribution < 1.29 is 9.90 Å². The first kappa shape index (κ1) is 13.7. The third kappa shape index (κ3) is 2.14. The van der Waals surface area contributed by atoms with Gasteiger partial charge in [0.05, 0.1) is 5.56 Å². The summed E-state index contributed by atoms with van der Waals surface area (Å²) in [4.78, 5) is 11.5. The van der Waals surface area contributed by atoms with Crippen molar-refractivity contribution >= 4 is 16.9 Å². The van der Waals surface area contributed by atoms with Crippen LogP contribution in [0, 0.1) is 6.92 Å². The molecule has 0 aliphatic carbocycles. The zero-order valence-electron chi connectivity index (χ0n) is 12.0. The second-order valence-electron chi connectivity index (χ2n) is 5.28. The standard InChI is InChI=1S/C16H21NO2/c1-5-7-12-11(4)17(10(2)3)14-9-6-8-13(15(12)14)16(18)19/h6,8-10H,5,7H2,1-4H3,(H,18,19). The summed E-state index contributed by atoms with van der Waals surface area (Å²) < 4.78 is 2.24. The number of nitrogens with zero attached hydrogens (tertiary/aromatic N) is 1. The molecule has 0 spiro atoms. The van der Waals surface area contributed by atoms with E-state index in [9.17, 15) is 9.90 Å². The van der Waals surface area contributed by atoms with E-state index >= 15 is 0 Å². The number of rotatable bonds is 4. The van der Waals surface area contributed by atoms with E-state index in [-0.39, 0.29) is 0 Å².